The Morgan fingerprint density at radius 3 is 2.70 bits per heavy atom. The number of H-pyrrole nitrogens is 1. The molecular weight excluding hydrogens is 248 g/mol. The molecule has 2 N–H and O–H groups in total. The van der Waals surface area contributed by atoms with E-state index in [1.54, 1.807) is 0 Å². The molecule has 1 aliphatic heterocycles. The van der Waals surface area contributed by atoms with E-state index in [2.05, 4.69) is 33.4 Å². The van der Waals surface area contributed by atoms with Crippen molar-refractivity contribution in [3.05, 3.63) is 24.3 Å². The van der Waals surface area contributed by atoms with E-state index in [9.17, 15) is 0 Å². The lowest BCUT2D eigenvalue weighted by Crippen LogP contribution is -2.38. The number of hydrogen-bond donors (Lipinski definition) is 2. The zero-order valence-corrected chi connectivity index (χ0v) is 11.8. The van der Waals surface area contributed by atoms with Crippen LogP contribution in [0.5, 0.6) is 0 Å². The van der Waals surface area contributed by atoms with E-state index in [4.69, 9.17) is 4.98 Å². The Labute approximate surface area is 119 Å². The van der Waals surface area contributed by atoms with Crippen molar-refractivity contribution in [2.75, 3.05) is 24.5 Å². The van der Waals surface area contributed by atoms with Crippen molar-refractivity contribution in [3.63, 3.8) is 0 Å². The number of fused-ring (bicyclic) bond motifs is 1. The zero-order chi connectivity index (χ0) is 13.4. The molecule has 0 atom stereocenters. The fourth-order valence-electron chi connectivity index (χ4n) is 3.06. The molecule has 1 saturated carbocycles. The number of nitrogens with one attached hydrogen (secondary N) is 2. The van der Waals surface area contributed by atoms with E-state index in [0.29, 0.717) is 0 Å². The molecule has 1 saturated heterocycles. The number of para-hydroxylation sites is 2. The summed E-state index contributed by atoms with van der Waals surface area (Å²) < 4.78 is 0. The van der Waals surface area contributed by atoms with Crippen molar-refractivity contribution in [2.45, 2.75) is 31.7 Å². The van der Waals surface area contributed by atoms with Gasteiger partial charge in [-0.1, -0.05) is 12.1 Å². The smallest absolute Gasteiger partial charge is 0.203 e. The summed E-state index contributed by atoms with van der Waals surface area (Å²) in [5, 5.41) is 3.66. The van der Waals surface area contributed by atoms with Gasteiger partial charge in [0, 0.05) is 19.1 Å². The first-order valence-corrected chi connectivity index (χ1v) is 7.81. The summed E-state index contributed by atoms with van der Waals surface area (Å²) in [6.45, 7) is 3.45. The number of aromatic nitrogens is 2. The first kappa shape index (κ1) is 12.2. The fourth-order valence-corrected chi connectivity index (χ4v) is 3.06. The molecule has 2 aromatic rings. The van der Waals surface area contributed by atoms with Gasteiger partial charge < -0.3 is 15.2 Å². The SMILES string of the molecule is c1ccc2[nH]c(N3CCC(CNC4CC4)CC3)nc2c1. The molecule has 0 amide bonds. The second kappa shape index (κ2) is 5.09. The quantitative estimate of drug-likeness (QED) is 0.897. The highest BCUT2D eigenvalue weighted by molar-refractivity contribution is 5.77. The maximum atomic E-state index is 4.70. The summed E-state index contributed by atoms with van der Waals surface area (Å²) in [6, 6.07) is 9.10. The average Bonchev–Trinajstić information content (AvgIpc) is 3.22. The molecular formula is C16H22N4. The standard InChI is InChI=1S/C16H22N4/c1-2-4-15-14(3-1)18-16(19-15)20-9-7-12(8-10-20)11-17-13-5-6-13/h1-4,12-13,17H,5-11H2,(H,18,19). The molecule has 4 rings (SSSR count). The Balaban J connectivity index is 1.37. The average molecular weight is 270 g/mol. The Hall–Kier alpha value is -1.55. The van der Waals surface area contributed by atoms with Crippen LogP contribution in [-0.2, 0) is 0 Å². The van der Waals surface area contributed by atoms with Crippen LogP contribution < -0.4 is 10.2 Å². The van der Waals surface area contributed by atoms with Crippen LogP contribution in [0.25, 0.3) is 11.0 Å². The van der Waals surface area contributed by atoms with Gasteiger partial charge in [-0.05, 0) is 50.3 Å². The van der Waals surface area contributed by atoms with Crippen molar-refractivity contribution in [1.29, 1.82) is 0 Å². The van der Waals surface area contributed by atoms with Crippen LogP contribution in [0.15, 0.2) is 24.3 Å². The van der Waals surface area contributed by atoms with Crippen molar-refractivity contribution < 1.29 is 0 Å². The minimum absolute atomic E-state index is 0.836. The van der Waals surface area contributed by atoms with E-state index in [1.807, 2.05) is 6.07 Å². The second-order valence-electron chi connectivity index (χ2n) is 6.19. The monoisotopic (exact) mass is 270 g/mol. The third-order valence-electron chi connectivity index (χ3n) is 4.56. The predicted octanol–water partition coefficient (Wildman–Crippen LogP) is 2.53. The largest absolute Gasteiger partial charge is 0.342 e. The van der Waals surface area contributed by atoms with E-state index in [1.165, 1.54) is 32.2 Å². The van der Waals surface area contributed by atoms with Crippen LogP contribution in [0.4, 0.5) is 5.95 Å². The molecule has 2 aliphatic rings. The van der Waals surface area contributed by atoms with Gasteiger partial charge in [0.1, 0.15) is 0 Å². The highest BCUT2D eigenvalue weighted by Gasteiger charge is 2.25. The number of nitrogens with zero attached hydrogens (tertiary/aromatic N) is 2. The van der Waals surface area contributed by atoms with Crippen LogP contribution >= 0.6 is 0 Å². The molecule has 20 heavy (non-hydrogen) atoms. The number of anilines is 1. The summed E-state index contributed by atoms with van der Waals surface area (Å²) in [4.78, 5) is 10.5. The third kappa shape index (κ3) is 2.52. The molecule has 0 unspecified atom stereocenters. The van der Waals surface area contributed by atoms with Gasteiger partial charge in [0.15, 0.2) is 0 Å². The van der Waals surface area contributed by atoms with Gasteiger partial charge in [-0.2, -0.15) is 0 Å². The van der Waals surface area contributed by atoms with E-state index >= 15 is 0 Å². The number of aromatic amines is 1. The summed E-state index contributed by atoms with van der Waals surface area (Å²) in [7, 11) is 0. The number of benzene rings is 1. The van der Waals surface area contributed by atoms with Crippen LogP contribution in [0.2, 0.25) is 0 Å². The molecule has 4 nitrogen and oxygen atoms in total. The lowest BCUT2D eigenvalue weighted by atomic mass is 9.97. The third-order valence-corrected chi connectivity index (χ3v) is 4.56. The molecule has 106 valence electrons. The lowest BCUT2D eigenvalue weighted by molar-refractivity contribution is 0.380. The summed E-state index contributed by atoms with van der Waals surface area (Å²) in [5.41, 5.74) is 2.21. The molecule has 1 aromatic heterocycles. The number of hydrogen-bond acceptors (Lipinski definition) is 3. The summed E-state index contributed by atoms with van der Waals surface area (Å²) >= 11 is 0. The highest BCUT2D eigenvalue weighted by Crippen LogP contribution is 2.24. The maximum absolute atomic E-state index is 4.70. The van der Waals surface area contributed by atoms with Crippen molar-refractivity contribution >= 4 is 17.0 Å². The van der Waals surface area contributed by atoms with Gasteiger partial charge in [0.05, 0.1) is 11.0 Å². The predicted molar refractivity (Wildman–Crippen MR) is 82.1 cm³/mol. The Kier molecular flexibility index (Phi) is 3.11. The summed E-state index contributed by atoms with van der Waals surface area (Å²) in [6.07, 6.45) is 5.32. The molecule has 2 fully saturated rings. The first-order valence-electron chi connectivity index (χ1n) is 7.81. The number of imidazole rings is 1. The minimum atomic E-state index is 0.836. The molecule has 0 spiro atoms. The first-order chi connectivity index (χ1) is 9.88. The van der Waals surface area contributed by atoms with Crippen molar-refractivity contribution in [3.8, 4) is 0 Å². The van der Waals surface area contributed by atoms with Crippen molar-refractivity contribution in [2.24, 2.45) is 5.92 Å². The molecule has 2 heterocycles. The number of rotatable bonds is 4. The molecule has 0 bridgehead atoms. The maximum Gasteiger partial charge on any atom is 0.203 e. The van der Waals surface area contributed by atoms with E-state index in [-0.39, 0.29) is 0 Å². The van der Waals surface area contributed by atoms with Crippen molar-refractivity contribution in [1.82, 2.24) is 15.3 Å². The van der Waals surface area contributed by atoms with Crippen LogP contribution in [0, 0.1) is 5.92 Å². The molecule has 1 aromatic carbocycles. The molecule has 1 aliphatic carbocycles. The van der Waals surface area contributed by atoms with Gasteiger partial charge in [0.25, 0.3) is 0 Å². The van der Waals surface area contributed by atoms with Gasteiger partial charge in [-0.15, -0.1) is 0 Å². The Bertz CT molecular complexity index is 546. The minimum Gasteiger partial charge on any atom is -0.342 e. The van der Waals surface area contributed by atoms with Crippen LogP contribution in [0.3, 0.4) is 0 Å². The zero-order valence-electron chi connectivity index (χ0n) is 11.8. The fraction of sp³-hybridized carbons (Fsp3) is 0.562. The Morgan fingerprint density at radius 2 is 1.95 bits per heavy atom. The van der Waals surface area contributed by atoms with Gasteiger partial charge in [-0.25, -0.2) is 4.98 Å². The van der Waals surface area contributed by atoms with Gasteiger partial charge in [0.2, 0.25) is 5.95 Å². The van der Waals surface area contributed by atoms with Gasteiger partial charge in [-0.3, -0.25) is 0 Å². The lowest BCUT2D eigenvalue weighted by Gasteiger charge is -2.31. The summed E-state index contributed by atoms with van der Waals surface area (Å²) in [5.74, 6) is 1.89. The van der Waals surface area contributed by atoms with Crippen LogP contribution in [0.1, 0.15) is 25.7 Å². The van der Waals surface area contributed by atoms with Gasteiger partial charge >= 0.3 is 0 Å². The van der Waals surface area contributed by atoms with Crippen LogP contribution in [-0.4, -0.2) is 35.6 Å². The van der Waals surface area contributed by atoms with E-state index < -0.39 is 0 Å². The molecule has 4 heteroatoms. The molecule has 0 radical (unpaired) electrons. The second-order valence-corrected chi connectivity index (χ2v) is 6.19. The Morgan fingerprint density at radius 1 is 1.15 bits per heavy atom. The number of piperidine rings is 1. The van der Waals surface area contributed by atoms with E-state index in [0.717, 1.165) is 42.0 Å². The normalized spacial score (nSPS) is 20.7. The highest BCUT2D eigenvalue weighted by atomic mass is 15.3. The topological polar surface area (TPSA) is 44.0 Å².